The summed E-state index contributed by atoms with van der Waals surface area (Å²) in [5.74, 6) is -6.99. The second kappa shape index (κ2) is 12.6. The molecule has 0 heterocycles. The fourth-order valence-electron chi connectivity index (χ4n) is 3.42. The molecule has 218 valence electrons. The average Bonchev–Trinajstić information content (AvgIpc) is 2.82. The number of hydrogen-bond donors (Lipinski definition) is 1. The van der Waals surface area contributed by atoms with Crippen LogP contribution in [0.1, 0.15) is 51.4 Å². The minimum absolute atomic E-state index is 0.0115. The second-order valence-corrected chi connectivity index (χ2v) is 9.02. The number of carbonyl (C=O) groups excluding carboxylic acids is 2. The summed E-state index contributed by atoms with van der Waals surface area (Å²) < 4.78 is 134. The molecule has 15 heteroatoms. The minimum atomic E-state index is -5.29. The molecule has 0 aliphatic carbocycles. The summed E-state index contributed by atoms with van der Waals surface area (Å²) in [6.07, 6.45) is -15.8. The van der Waals surface area contributed by atoms with Crippen molar-refractivity contribution in [3.05, 3.63) is 80.8 Å². The van der Waals surface area contributed by atoms with E-state index in [1.54, 1.807) is 0 Å². The molecule has 2 aromatic rings. The third kappa shape index (κ3) is 8.98. The van der Waals surface area contributed by atoms with Crippen LogP contribution in [-0.2, 0) is 11.0 Å². The van der Waals surface area contributed by atoms with Crippen molar-refractivity contribution in [2.75, 3.05) is 6.54 Å². The van der Waals surface area contributed by atoms with Crippen LogP contribution in [0.3, 0.4) is 0 Å². The van der Waals surface area contributed by atoms with Crippen molar-refractivity contribution in [2.45, 2.75) is 37.3 Å². The van der Waals surface area contributed by atoms with Crippen molar-refractivity contribution >= 4 is 46.8 Å². The number of alkyl halides is 9. The molecule has 0 saturated heterocycles. The molecule has 0 spiro atoms. The summed E-state index contributed by atoms with van der Waals surface area (Å²) >= 11 is 11.8. The fraction of sp³-hybridized carbons (Fsp3) is 0.280. The summed E-state index contributed by atoms with van der Waals surface area (Å²) in [6, 6.07) is 2.92. The van der Waals surface area contributed by atoms with Crippen molar-refractivity contribution in [3.8, 4) is 0 Å². The number of benzene rings is 2. The summed E-state index contributed by atoms with van der Waals surface area (Å²) in [6.45, 7) is 1.69. The molecule has 0 aliphatic rings. The van der Waals surface area contributed by atoms with Gasteiger partial charge in [-0.15, -0.1) is 0 Å². The van der Waals surface area contributed by atoms with E-state index in [-0.39, 0.29) is 27.8 Å². The topological polar surface area (TPSA) is 46.2 Å². The van der Waals surface area contributed by atoms with Crippen LogP contribution < -0.4 is 5.32 Å². The number of carbonyl (C=O) groups is 2. The number of rotatable bonds is 9. The first-order valence-corrected chi connectivity index (χ1v) is 11.6. The van der Waals surface area contributed by atoms with E-state index in [0.717, 1.165) is 12.1 Å². The van der Waals surface area contributed by atoms with E-state index in [1.807, 2.05) is 0 Å². The summed E-state index contributed by atoms with van der Waals surface area (Å²) in [4.78, 5) is 23.8. The number of Topliss-reactive ketones (excluding diaryl/α,β-unsaturated/α-hetero) is 1. The first-order chi connectivity index (χ1) is 18.2. The summed E-state index contributed by atoms with van der Waals surface area (Å²) in [5, 5.41) is 0.965. The number of amides is 1. The molecule has 0 bridgehead atoms. The summed E-state index contributed by atoms with van der Waals surface area (Å²) in [5.41, 5.74) is -4.25. The Morgan fingerprint density at radius 2 is 1.50 bits per heavy atom. The number of halogens is 12. The standard InChI is InChI=1S/C25H17Cl2F10NO2/c1-2-14-18(26)8-13(9-19(14)27)16(24(32,33)34)10-20(28)12-3-4-15(17(7-12)25(35,36)37)21(39)5-6-22(40)38-11-23(29,30)31/h2-4,7-10,16H,1,5-6,11H2,(H,38,40)/b20-10-. The molecular weight excluding hydrogens is 607 g/mol. The zero-order valence-electron chi connectivity index (χ0n) is 19.8. The maximum Gasteiger partial charge on any atom is 0.417 e. The highest BCUT2D eigenvalue weighted by Crippen LogP contribution is 2.42. The molecular formula is C25H17Cl2F10NO2. The lowest BCUT2D eigenvalue weighted by molar-refractivity contribution is -0.140. The fourth-order valence-corrected chi connectivity index (χ4v) is 4.08. The molecule has 0 aliphatic heterocycles. The minimum Gasteiger partial charge on any atom is -0.347 e. The molecule has 1 unspecified atom stereocenters. The quantitative estimate of drug-likeness (QED) is 0.224. The van der Waals surface area contributed by atoms with E-state index in [1.165, 1.54) is 11.4 Å². The maximum absolute atomic E-state index is 15.0. The first kappa shape index (κ1) is 33.1. The van der Waals surface area contributed by atoms with Crippen molar-refractivity contribution < 1.29 is 53.5 Å². The van der Waals surface area contributed by atoms with Crippen LogP contribution in [0, 0.1) is 0 Å². The molecule has 1 amide bonds. The van der Waals surface area contributed by atoms with Crippen LogP contribution in [0.5, 0.6) is 0 Å². The number of allylic oxidation sites excluding steroid dienone is 1. The van der Waals surface area contributed by atoms with Gasteiger partial charge in [0.25, 0.3) is 0 Å². The van der Waals surface area contributed by atoms with Gasteiger partial charge in [0, 0.05) is 39.6 Å². The Balaban J connectivity index is 2.43. The molecule has 3 nitrogen and oxygen atoms in total. The van der Waals surface area contributed by atoms with E-state index >= 15 is 0 Å². The second-order valence-electron chi connectivity index (χ2n) is 8.21. The van der Waals surface area contributed by atoms with E-state index < -0.39 is 83.6 Å². The monoisotopic (exact) mass is 623 g/mol. The van der Waals surface area contributed by atoms with E-state index in [0.29, 0.717) is 12.1 Å². The predicted molar refractivity (Wildman–Crippen MR) is 129 cm³/mol. The smallest absolute Gasteiger partial charge is 0.347 e. The van der Waals surface area contributed by atoms with Crippen molar-refractivity contribution in [3.63, 3.8) is 0 Å². The van der Waals surface area contributed by atoms with Gasteiger partial charge < -0.3 is 5.32 Å². The van der Waals surface area contributed by atoms with Crippen LogP contribution in [0.15, 0.2) is 43.0 Å². The van der Waals surface area contributed by atoms with E-state index in [2.05, 4.69) is 6.58 Å². The van der Waals surface area contributed by atoms with Crippen molar-refractivity contribution in [1.82, 2.24) is 5.32 Å². The van der Waals surface area contributed by atoms with Crippen molar-refractivity contribution in [2.24, 2.45) is 0 Å². The molecule has 1 atom stereocenters. The predicted octanol–water partition coefficient (Wildman–Crippen LogP) is 8.95. The van der Waals surface area contributed by atoms with E-state index in [4.69, 9.17) is 23.2 Å². The number of hydrogen-bond acceptors (Lipinski definition) is 2. The van der Waals surface area contributed by atoms with Crippen LogP contribution in [-0.4, -0.2) is 30.6 Å². The third-order valence-electron chi connectivity index (χ3n) is 5.30. The zero-order chi connectivity index (χ0) is 30.6. The first-order valence-electron chi connectivity index (χ1n) is 10.9. The van der Waals surface area contributed by atoms with Gasteiger partial charge in [-0.3, -0.25) is 9.59 Å². The van der Waals surface area contributed by atoms with Crippen LogP contribution >= 0.6 is 23.2 Å². The third-order valence-corrected chi connectivity index (χ3v) is 5.92. The van der Waals surface area contributed by atoms with Gasteiger partial charge in [0.1, 0.15) is 18.3 Å². The number of ketones is 1. The van der Waals surface area contributed by atoms with Crippen LogP contribution in [0.25, 0.3) is 11.9 Å². The summed E-state index contributed by atoms with van der Waals surface area (Å²) in [7, 11) is 0. The number of nitrogens with one attached hydrogen (secondary N) is 1. The van der Waals surface area contributed by atoms with Gasteiger partial charge in [-0.25, -0.2) is 4.39 Å². The van der Waals surface area contributed by atoms with Gasteiger partial charge in [0.2, 0.25) is 5.91 Å². The lowest BCUT2D eigenvalue weighted by Crippen LogP contribution is -2.33. The SMILES string of the molecule is C=Cc1c(Cl)cc(C(/C=C(\F)c2ccc(C(=O)CCC(=O)NCC(F)(F)F)c(C(F)(F)F)c2)C(F)(F)F)cc1Cl. The molecule has 2 aromatic carbocycles. The van der Waals surface area contributed by atoms with Crippen LogP contribution in [0.4, 0.5) is 43.9 Å². The normalized spacial score (nSPS) is 13.7. The van der Waals surface area contributed by atoms with Gasteiger partial charge in [-0.1, -0.05) is 48.0 Å². The lowest BCUT2D eigenvalue weighted by Gasteiger charge is -2.19. The highest BCUT2D eigenvalue weighted by atomic mass is 35.5. The van der Waals surface area contributed by atoms with Gasteiger partial charge >= 0.3 is 18.5 Å². The molecule has 0 fully saturated rings. The Labute approximate surface area is 230 Å². The Morgan fingerprint density at radius 1 is 0.925 bits per heavy atom. The lowest BCUT2D eigenvalue weighted by atomic mass is 9.93. The average molecular weight is 624 g/mol. The Hall–Kier alpha value is -3.06. The Kier molecular flexibility index (Phi) is 10.5. The highest BCUT2D eigenvalue weighted by molar-refractivity contribution is 6.37. The molecule has 0 saturated carbocycles. The largest absolute Gasteiger partial charge is 0.417 e. The van der Waals surface area contributed by atoms with E-state index in [9.17, 15) is 53.5 Å². The van der Waals surface area contributed by atoms with Crippen molar-refractivity contribution in [1.29, 1.82) is 0 Å². The van der Waals surface area contributed by atoms with Gasteiger partial charge in [0.05, 0.1) is 5.56 Å². The molecule has 0 radical (unpaired) electrons. The Morgan fingerprint density at radius 3 is 1.98 bits per heavy atom. The Bertz CT molecular complexity index is 1290. The van der Waals surface area contributed by atoms with Crippen LogP contribution in [0.2, 0.25) is 10.0 Å². The molecule has 40 heavy (non-hydrogen) atoms. The van der Waals surface area contributed by atoms with Gasteiger partial charge in [-0.2, -0.15) is 39.5 Å². The highest BCUT2D eigenvalue weighted by Gasteiger charge is 2.41. The zero-order valence-corrected chi connectivity index (χ0v) is 21.3. The molecule has 1 N–H and O–H groups in total. The molecule has 0 aromatic heterocycles. The van der Waals surface area contributed by atoms with Gasteiger partial charge in [-0.05, 0) is 29.8 Å². The molecule has 2 rings (SSSR count). The van der Waals surface area contributed by atoms with Gasteiger partial charge in [0.15, 0.2) is 5.78 Å². The maximum atomic E-state index is 15.0.